The highest BCUT2D eigenvalue weighted by Gasteiger charge is 2.20. The molecule has 0 bridgehead atoms. The first-order valence-corrected chi connectivity index (χ1v) is 12.7. The van der Waals surface area contributed by atoms with Gasteiger partial charge in [-0.15, -0.1) is 5.10 Å². The number of hydrogen-bond donors (Lipinski definition) is 2. The number of nitrogens with zero attached hydrogens (tertiary/aromatic N) is 6. The summed E-state index contributed by atoms with van der Waals surface area (Å²) < 4.78 is 2.10. The van der Waals surface area contributed by atoms with Gasteiger partial charge in [0.1, 0.15) is 5.82 Å². The van der Waals surface area contributed by atoms with Gasteiger partial charge in [0.05, 0.1) is 6.54 Å². The molecule has 5 rings (SSSR count). The van der Waals surface area contributed by atoms with Crippen LogP contribution in [0.15, 0.2) is 48.5 Å². The zero-order valence-corrected chi connectivity index (χ0v) is 20.6. The Balaban J connectivity index is 1.32. The van der Waals surface area contributed by atoms with E-state index < -0.39 is 0 Å². The summed E-state index contributed by atoms with van der Waals surface area (Å²) in [7, 11) is 0. The lowest BCUT2D eigenvalue weighted by Gasteiger charge is -2.25. The number of benzene rings is 2. The molecule has 0 radical (unpaired) electrons. The lowest BCUT2D eigenvalue weighted by Crippen LogP contribution is -2.26. The highest BCUT2D eigenvalue weighted by atomic mass is 15.5. The third kappa shape index (κ3) is 5.48. The van der Waals surface area contributed by atoms with Crippen LogP contribution in [0.2, 0.25) is 0 Å². The third-order valence-corrected chi connectivity index (χ3v) is 7.07. The lowest BCUT2D eigenvalue weighted by atomic mass is 9.84. The average Bonchev–Trinajstić information content (AvgIpc) is 3.55. The Morgan fingerprint density at radius 3 is 2.43 bits per heavy atom. The molecule has 2 aromatic carbocycles. The van der Waals surface area contributed by atoms with Gasteiger partial charge in [0.15, 0.2) is 11.6 Å². The van der Waals surface area contributed by atoms with Crippen molar-refractivity contribution < 1.29 is 0 Å². The zero-order valence-electron chi connectivity index (χ0n) is 20.6. The molecule has 1 fully saturated rings. The van der Waals surface area contributed by atoms with Crippen molar-refractivity contribution in [1.29, 1.82) is 0 Å². The van der Waals surface area contributed by atoms with Crippen molar-refractivity contribution in [2.45, 2.75) is 70.9 Å². The molecule has 0 atom stereocenters. The summed E-state index contributed by atoms with van der Waals surface area (Å²) in [5, 5.41) is 19.3. The standard InChI is InChI=1S/C27H34N8/c1-18(2)26-29-25(16-11-19-9-14-22(28)15-10-19)35(32-26)17-20-7-12-21(13-8-20)23-5-3-4-6-24(23)27-30-33-34-31-27/h3-8,12-13,18-19,22H,9-11,14-17,28H2,1-2H3,(H,30,31,33,34). The van der Waals surface area contributed by atoms with Gasteiger partial charge < -0.3 is 5.73 Å². The van der Waals surface area contributed by atoms with E-state index in [2.05, 4.69) is 69.5 Å². The van der Waals surface area contributed by atoms with Gasteiger partial charge in [-0.05, 0) is 65.1 Å². The summed E-state index contributed by atoms with van der Waals surface area (Å²) >= 11 is 0. The molecule has 182 valence electrons. The fraction of sp³-hybridized carbons (Fsp3) is 0.444. The van der Waals surface area contributed by atoms with Crippen molar-refractivity contribution in [3.63, 3.8) is 0 Å². The van der Waals surface area contributed by atoms with Crippen LogP contribution in [-0.4, -0.2) is 41.4 Å². The molecule has 4 aromatic rings. The number of rotatable bonds is 8. The quantitative estimate of drug-likeness (QED) is 0.384. The van der Waals surface area contributed by atoms with Gasteiger partial charge in [-0.25, -0.2) is 14.8 Å². The van der Waals surface area contributed by atoms with E-state index in [0.29, 0.717) is 17.8 Å². The molecule has 0 unspecified atom stereocenters. The number of tetrazole rings is 1. The second kappa shape index (κ2) is 10.5. The van der Waals surface area contributed by atoms with Crippen molar-refractivity contribution in [3.8, 4) is 22.5 Å². The molecule has 1 aliphatic rings. The number of nitrogens with one attached hydrogen (secondary N) is 1. The molecule has 35 heavy (non-hydrogen) atoms. The molecule has 0 amide bonds. The van der Waals surface area contributed by atoms with Crippen LogP contribution in [0.1, 0.15) is 69.1 Å². The number of aryl methyl sites for hydroxylation is 1. The van der Waals surface area contributed by atoms with Gasteiger partial charge in [-0.2, -0.15) is 5.10 Å². The van der Waals surface area contributed by atoms with Crippen molar-refractivity contribution in [2.24, 2.45) is 11.7 Å². The van der Waals surface area contributed by atoms with E-state index in [-0.39, 0.29) is 0 Å². The molecule has 0 spiro atoms. The Hall–Kier alpha value is -3.39. The van der Waals surface area contributed by atoms with Gasteiger partial charge in [0.2, 0.25) is 0 Å². The van der Waals surface area contributed by atoms with E-state index >= 15 is 0 Å². The van der Waals surface area contributed by atoms with E-state index in [9.17, 15) is 0 Å². The monoisotopic (exact) mass is 470 g/mol. The van der Waals surface area contributed by atoms with E-state index in [1.807, 2.05) is 18.2 Å². The molecule has 1 aliphatic carbocycles. The summed E-state index contributed by atoms with van der Waals surface area (Å²) in [5.74, 6) is 3.75. The molecule has 2 aromatic heterocycles. The molecule has 2 heterocycles. The average molecular weight is 471 g/mol. The maximum absolute atomic E-state index is 6.09. The molecule has 3 N–H and O–H groups in total. The maximum atomic E-state index is 6.09. The number of nitrogens with two attached hydrogens (primary N) is 1. The third-order valence-electron chi connectivity index (χ3n) is 7.07. The number of aromatic amines is 1. The fourth-order valence-electron chi connectivity index (χ4n) is 4.94. The molecular formula is C27H34N8. The molecule has 0 saturated heterocycles. The number of hydrogen-bond acceptors (Lipinski definition) is 6. The highest BCUT2D eigenvalue weighted by molar-refractivity contribution is 5.80. The second-order valence-corrected chi connectivity index (χ2v) is 10.0. The van der Waals surface area contributed by atoms with E-state index in [4.69, 9.17) is 15.8 Å². The normalized spacial score (nSPS) is 18.3. The second-order valence-electron chi connectivity index (χ2n) is 10.0. The lowest BCUT2D eigenvalue weighted by molar-refractivity contribution is 0.308. The Bertz CT molecular complexity index is 1220. The van der Waals surface area contributed by atoms with Gasteiger partial charge in [0.25, 0.3) is 0 Å². The Morgan fingerprint density at radius 2 is 1.74 bits per heavy atom. The topological polar surface area (TPSA) is 111 Å². The summed E-state index contributed by atoms with van der Waals surface area (Å²) in [6.07, 6.45) is 6.90. The first-order chi connectivity index (χ1) is 17.1. The van der Waals surface area contributed by atoms with Crippen LogP contribution in [0.3, 0.4) is 0 Å². The Morgan fingerprint density at radius 1 is 1.00 bits per heavy atom. The van der Waals surface area contributed by atoms with Gasteiger partial charge in [-0.3, -0.25) is 0 Å². The highest BCUT2D eigenvalue weighted by Crippen LogP contribution is 2.30. The van der Waals surface area contributed by atoms with Crippen LogP contribution in [0, 0.1) is 5.92 Å². The molecule has 0 aliphatic heterocycles. The van der Waals surface area contributed by atoms with Crippen LogP contribution in [-0.2, 0) is 13.0 Å². The summed E-state index contributed by atoms with van der Waals surface area (Å²) in [6.45, 7) is 5.03. The Kier molecular flexibility index (Phi) is 6.99. The van der Waals surface area contributed by atoms with Crippen molar-refractivity contribution >= 4 is 0 Å². The molecule has 8 nitrogen and oxygen atoms in total. The maximum Gasteiger partial charge on any atom is 0.180 e. The molecular weight excluding hydrogens is 436 g/mol. The van der Waals surface area contributed by atoms with Gasteiger partial charge in [0, 0.05) is 23.9 Å². The molecule has 8 heteroatoms. The van der Waals surface area contributed by atoms with Crippen LogP contribution in [0.5, 0.6) is 0 Å². The van der Waals surface area contributed by atoms with Crippen LogP contribution in [0.25, 0.3) is 22.5 Å². The SMILES string of the molecule is CC(C)c1nc(CCC2CCC(N)CC2)n(Cc2ccc(-c3ccccc3-c3nnn[nH]3)cc2)n1. The zero-order chi connectivity index (χ0) is 24.2. The van der Waals surface area contributed by atoms with Crippen molar-refractivity contribution in [1.82, 2.24) is 35.4 Å². The summed E-state index contributed by atoms with van der Waals surface area (Å²) in [5.41, 5.74) is 10.5. The van der Waals surface area contributed by atoms with Crippen LogP contribution >= 0.6 is 0 Å². The van der Waals surface area contributed by atoms with Crippen LogP contribution < -0.4 is 5.73 Å². The Labute approximate surface area is 206 Å². The minimum Gasteiger partial charge on any atom is -0.328 e. The minimum atomic E-state index is 0.312. The minimum absolute atomic E-state index is 0.312. The first kappa shape index (κ1) is 23.4. The van der Waals surface area contributed by atoms with E-state index in [0.717, 1.165) is 66.5 Å². The van der Waals surface area contributed by atoms with E-state index in [1.165, 1.54) is 18.4 Å². The van der Waals surface area contributed by atoms with Crippen molar-refractivity contribution in [3.05, 3.63) is 65.7 Å². The fourth-order valence-corrected chi connectivity index (χ4v) is 4.94. The molecule has 1 saturated carbocycles. The summed E-state index contributed by atoms with van der Waals surface area (Å²) in [4.78, 5) is 4.92. The first-order valence-electron chi connectivity index (χ1n) is 12.7. The van der Waals surface area contributed by atoms with Crippen LogP contribution in [0.4, 0.5) is 0 Å². The van der Waals surface area contributed by atoms with E-state index in [1.54, 1.807) is 0 Å². The largest absolute Gasteiger partial charge is 0.328 e. The number of aromatic nitrogens is 7. The van der Waals surface area contributed by atoms with Crippen molar-refractivity contribution in [2.75, 3.05) is 0 Å². The number of H-pyrrole nitrogens is 1. The predicted molar refractivity (Wildman–Crippen MR) is 137 cm³/mol. The smallest absolute Gasteiger partial charge is 0.180 e. The predicted octanol–water partition coefficient (Wildman–Crippen LogP) is 4.75. The summed E-state index contributed by atoms with van der Waals surface area (Å²) in [6, 6.07) is 17.2. The van der Waals surface area contributed by atoms with Gasteiger partial charge in [-0.1, -0.05) is 62.4 Å². The van der Waals surface area contributed by atoms with Gasteiger partial charge >= 0.3 is 0 Å².